The number of nitriles is 1. The highest BCUT2D eigenvalue weighted by molar-refractivity contribution is 9.10. The Hall–Kier alpha value is -1.64. The van der Waals surface area contributed by atoms with Crippen LogP contribution in [0.4, 0.5) is 5.69 Å². The molecule has 2 aromatic rings. The third kappa shape index (κ3) is 2.73. The molecule has 1 aromatic heterocycles. The van der Waals surface area contributed by atoms with E-state index in [0.717, 1.165) is 4.47 Å². The van der Waals surface area contributed by atoms with Crippen LogP contribution in [0.25, 0.3) is 0 Å². The normalized spacial score (nSPS) is 9.65. The fourth-order valence-electron chi connectivity index (χ4n) is 1.27. The van der Waals surface area contributed by atoms with E-state index in [2.05, 4.69) is 21.2 Å². The number of carbonyl (C=O) groups excluding carboxylic acids is 1. The number of anilines is 1. The van der Waals surface area contributed by atoms with Crippen LogP contribution in [0.5, 0.6) is 0 Å². The summed E-state index contributed by atoms with van der Waals surface area (Å²) in [6.45, 7) is 0. The number of thiophene rings is 1. The molecule has 1 heterocycles. The van der Waals surface area contributed by atoms with Crippen LogP contribution in [0.3, 0.4) is 0 Å². The summed E-state index contributed by atoms with van der Waals surface area (Å²) in [5.41, 5.74) is 1.25. The van der Waals surface area contributed by atoms with Crippen LogP contribution in [0.2, 0.25) is 0 Å². The minimum Gasteiger partial charge on any atom is -0.321 e. The lowest BCUT2D eigenvalue weighted by Crippen LogP contribution is -2.10. The Morgan fingerprint density at radius 3 is 2.53 bits per heavy atom. The van der Waals surface area contributed by atoms with E-state index in [0.29, 0.717) is 16.1 Å². The molecule has 0 bridgehead atoms. The van der Waals surface area contributed by atoms with Gasteiger partial charge in [-0.1, -0.05) is 0 Å². The van der Waals surface area contributed by atoms with E-state index in [-0.39, 0.29) is 5.91 Å². The zero-order valence-corrected chi connectivity index (χ0v) is 11.0. The lowest BCUT2D eigenvalue weighted by atomic mass is 10.2. The molecule has 1 N–H and O–H groups in total. The molecule has 17 heavy (non-hydrogen) atoms. The van der Waals surface area contributed by atoms with E-state index in [1.54, 1.807) is 24.3 Å². The first-order valence-electron chi connectivity index (χ1n) is 4.75. The quantitative estimate of drug-likeness (QED) is 0.921. The van der Waals surface area contributed by atoms with Crippen LogP contribution in [-0.4, -0.2) is 5.91 Å². The number of nitrogens with one attached hydrogen (secondary N) is 1. The fraction of sp³-hybridized carbons (Fsp3) is 0. The molecule has 0 saturated heterocycles. The van der Waals surface area contributed by atoms with E-state index in [4.69, 9.17) is 5.26 Å². The van der Waals surface area contributed by atoms with Crippen LogP contribution in [0.1, 0.15) is 15.2 Å². The van der Waals surface area contributed by atoms with Crippen molar-refractivity contribution in [2.75, 3.05) is 5.32 Å². The molecular formula is C12H7BrN2OS. The molecule has 0 radical (unpaired) electrons. The fourth-order valence-corrected chi connectivity index (χ4v) is 2.72. The number of hydrogen-bond donors (Lipinski definition) is 1. The zero-order valence-electron chi connectivity index (χ0n) is 8.61. The third-order valence-electron chi connectivity index (χ3n) is 2.10. The minimum absolute atomic E-state index is 0.156. The van der Waals surface area contributed by atoms with E-state index in [1.165, 1.54) is 11.3 Å². The van der Waals surface area contributed by atoms with Crippen molar-refractivity contribution in [3.8, 4) is 6.07 Å². The number of hydrogen-bond acceptors (Lipinski definition) is 3. The maximum Gasteiger partial charge on any atom is 0.266 e. The largest absolute Gasteiger partial charge is 0.321 e. The van der Waals surface area contributed by atoms with Crippen molar-refractivity contribution in [2.45, 2.75) is 0 Å². The molecule has 2 rings (SSSR count). The summed E-state index contributed by atoms with van der Waals surface area (Å²) in [4.78, 5) is 12.5. The highest BCUT2D eigenvalue weighted by atomic mass is 79.9. The van der Waals surface area contributed by atoms with Gasteiger partial charge in [-0.15, -0.1) is 11.3 Å². The third-order valence-corrected chi connectivity index (χ3v) is 3.93. The Bertz CT molecular complexity index is 583. The average Bonchev–Trinajstić information content (AvgIpc) is 2.76. The minimum atomic E-state index is -0.156. The van der Waals surface area contributed by atoms with Crippen molar-refractivity contribution in [3.05, 3.63) is 50.6 Å². The van der Waals surface area contributed by atoms with Gasteiger partial charge in [0.25, 0.3) is 5.91 Å². The van der Waals surface area contributed by atoms with Gasteiger partial charge in [0.1, 0.15) is 4.88 Å². The smallest absolute Gasteiger partial charge is 0.266 e. The van der Waals surface area contributed by atoms with E-state index in [1.807, 2.05) is 17.5 Å². The Balaban J connectivity index is 2.14. The first-order valence-corrected chi connectivity index (χ1v) is 6.42. The molecule has 1 amide bonds. The van der Waals surface area contributed by atoms with Gasteiger partial charge in [0.05, 0.1) is 11.6 Å². The van der Waals surface area contributed by atoms with Crippen molar-refractivity contribution < 1.29 is 4.79 Å². The Kier molecular flexibility index (Phi) is 3.57. The van der Waals surface area contributed by atoms with Crippen molar-refractivity contribution >= 4 is 38.9 Å². The van der Waals surface area contributed by atoms with Gasteiger partial charge in [-0.3, -0.25) is 4.79 Å². The van der Waals surface area contributed by atoms with Crippen LogP contribution in [0, 0.1) is 11.3 Å². The predicted molar refractivity (Wildman–Crippen MR) is 71.1 cm³/mol. The number of amides is 1. The number of halogens is 1. The molecule has 0 spiro atoms. The highest BCUT2D eigenvalue weighted by Gasteiger charge is 2.11. The Morgan fingerprint density at radius 1 is 1.29 bits per heavy atom. The van der Waals surface area contributed by atoms with E-state index >= 15 is 0 Å². The second-order valence-corrected chi connectivity index (χ2v) is 5.01. The molecular weight excluding hydrogens is 300 g/mol. The number of benzene rings is 1. The molecule has 1 aromatic carbocycles. The summed E-state index contributed by atoms with van der Waals surface area (Å²) >= 11 is 4.68. The van der Waals surface area contributed by atoms with Gasteiger partial charge in [0.15, 0.2) is 0 Å². The lowest BCUT2D eigenvalue weighted by molar-refractivity contribution is 0.103. The van der Waals surface area contributed by atoms with Gasteiger partial charge in [0.2, 0.25) is 0 Å². The summed E-state index contributed by atoms with van der Waals surface area (Å²) in [5.74, 6) is -0.156. The summed E-state index contributed by atoms with van der Waals surface area (Å²) in [7, 11) is 0. The molecule has 0 unspecified atom stereocenters. The Labute approximate surface area is 111 Å². The van der Waals surface area contributed by atoms with Gasteiger partial charge in [-0.2, -0.15) is 5.26 Å². The van der Waals surface area contributed by atoms with E-state index in [9.17, 15) is 4.79 Å². The topological polar surface area (TPSA) is 52.9 Å². The van der Waals surface area contributed by atoms with Crippen LogP contribution < -0.4 is 5.32 Å². The monoisotopic (exact) mass is 306 g/mol. The molecule has 0 saturated carbocycles. The van der Waals surface area contributed by atoms with Crippen LogP contribution >= 0.6 is 27.3 Å². The summed E-state index contributed by atoms with van der Waals surface area (Å²) in [6, 6.07) is 10.6. The standard InChI is InChI=1S/C12H7BrN2OS/c13-10-5-6-17-11(10)12(16)15-9-3-1-8(7-14)2-4-9/h1-6H,(H,15,16). The van der Waals surface area contributed by atoms with Gasteiger partial charge in [0, 0.05) is 10.2 Å². The summed E-state index contributed by atoms with van der Waals surface area (Å²) in [5, 5.41) is 13.3. The first kappa shape index (κ1) is 11.8. The van der Waals surface area contributed by atoms with Gasteiger partial charge >= 0.3 is 0 Å². The van der Waals surface area contributed by atoms with Gasteiger partial charge in [-0.25, -0.2) is 0 Å². The molecule has 0 aliphatic carbocycles. The van der Waals surface area contributed by atoms with Crippen molar-refractivity contribution in [2.24, 2.45) is 0 Å². The molecule has 0 aliphatic rings. The van der Waals surface area contributed by atoms with Crippen molar-refractivity contribution in [1.29, 1.82) is 5.26 Å². The SMILES string of the molecule is N#Cc1ccc(NC(=O)c2sccc2Br)cc1. The number of rotatable bonds is 2. The predicted octanol–water partition coefficient (Wildman–Crippen LogP) is 3.63. The second-order valence-electron chi connectivity index (χ2n) is 3.24. The molecule has 0 aliphatic heterocycles. The Morgan fingerprint density at radius 2 is 2.00 bits per heavy atom. The molecule has 5 heteroatoms. The average molecular weight is 307 g/mol. The summed E-state index contributed by atoms with van der Waals surface area (Å²) < 4.78 is 0.786. The van der Waals surface area contributed by atoms with Gasteiger partial charge in [-0.05, 0) is 51.6 Å². The number of nitrogens with zero attached hydrogens (tertiary/aromatic N) is 1. The van der Waals surface area contributed by atoms with Crippen molar-refractivity contribution in [1.82, 2.24) is 0 Å². The lowest BCUT2D eigenvalue weighted by Gasteiger charge is -2.03. The zero-order chi connectivity index (χ0) is 12.3. The molecule has 0 fully saturated rings. The molecule has 84 valence electrons. The van der Waals surface area contributed by atoms with Crippen LogP contribution in [0.15, 0.2) is 40.2 Å². The second kappa shape index (κ2) is 5.13. The van der Waals surface area contributed by atoms with E-state index < -0.39 is 0 Å². The van der Waals surface area contributed by atoms with Crippen molar-refractivity contribution in [3.63, 3.8) is 0 Å². The van der Waals surface area contributed by atoms with Crippen LogP contribution in [-0.2, 0) is 0 Å². The highest BCUT2D eigenvalue weighted by Crippen LogP contribution is 2.23. The summed E-state index contributed by atoms with van der Waals surface area (Å²) in [6.07, 6.45) is 0. The molecule has 3 nitrogen and oxygen atoms in total. The van der Waals surface area contributed by atoms with Gasteiger partial charge < -0.3 is 5.32 Å². The maximum atomic E-state index is 11.9. The maximum absolute atomic E-state index is 11.9. The molecule has 0 atom stereocenters. The first-order chi connectivity index (χ1) is 8.20. The number of carbonyl (C=O) groups is 1.